The van der Waals surface area contributed by atoms with Crippen LogP contribution in [0.15, 0.2) is 29.2 Å². The minimum absolute atomic E-state index is 0.571. The largest absolute Gasteiger partial charge is 0.385 e. The molecule has 0 heterocycles. The maximum absolute atomic E-state index is 10.5. The van der Waals surface area contributed by atoms with Crippen LogP contribution in [0.4, 0.5) is 0 Å². The van der Waals surface area contributed by atoms with E-state index in [2.05, 4.69) is 11.7 Å². The number of rotatable bonds is 2. The van der Waals surface area contributed by atoms with Crippen molar-refractivity contribution in [3.05, 3.63) is 29.8 Å². The van der Waals surface area contributed by atoms with Gasteiger partial charge in [-0.05, 0) is 30.5 Å². The van der Waals surface area contributed by atoms with E-state index in [0.29, 0.717) is 0 Å². The first-order valence-corrected chi connectivity index (χ1v) is 7.26. The SMILES string of the molecule is OC1(c2ccc(SS)cc2)CCCCC1. The lowest BCUT2D eigenvalue weighted by Crippen LogP contribution is -2.28. The Morgan fingerprint density at radius 1 is 1.07 bits per heavy atom. The predicted molar refractivity (Wildman–Crippen MR) is 68.3 cm³/mol. The fraction of sp³-hybridized carbons (Fsp3) is 0.500. The Morgan fingerprint density at radius 3 is 2.20 bits per heavy atom. The van der Waals surface area contributed by atoms with Gasteiger partial charge in [0.2, 0.25) is 0 Å². The molecule has 1 aliphatic carbocycles. The van der Waals surface area contributed by atoms with Crippen molar-refractivity contribution in [3.8, 4) is 0 Å². The van der Waals surface area contributed by atoms with Crippen LogP contribution in [0.5, 0.6) is 0 Å². The first-order chi connectivity index (χ1) is 7.24. The maximum Gasteiger partial charge on any atom is 0.0896 e. The Bertz CT molecular complexity index is 315. The van der Waals surface area contributed by atoms with Crippen molar-refractivity contribution in [2.24, 2.45) is 0 Å². The molecular weight excluding hydrogens is 224 g/mol. The third-order valence-electron chi connectivity index (χ3n) is 3.18. The molecule has 0 radical (unpaired) electrons. The smallest absolute Gasteiger partial charge is 0.0896 e. The number of hydrogen-bond acceptors (Lipinski definition) is 3. The van der Waals surface area contributed by atoms with Gasteiger partial charge in [-0.25, -0.2) is 0 Å². The lowest BCUT2D eigenvalue weighted by Gasteiger charge is -2.32. The first-order valence-electron chi connectivity index (χ1n) is 5.39. The number of aliphatic hydroxyl groups is 1. The molecule has 1 aliphatic rings. The van der Waals surface area contributed by atoms with Crippen molar-refractivity contribution in [3.63, 3.8) is 0 Å². The average molecular weight is 240 g/mol. The van der Waals surface area contributed by atoms with E-state index in [1.54, 1.807) is 0 Å². The summed E-state index contributed by atoms with van der Waals surface area (Å²) >= 11 is 4.15. The topological polar surface area (TPSA) is 20.2 Å². The van der Waals surface area contributed by atoms with Gasteiger partial charge in [-0.15, -0.1) is 11.7 Å². The highest BCUT2D eigenvalue weighted by atomic mass is 33.1. The van der Waals surface area contributed by atoms with Gasteiger partial charge >= 0.3 is 0 Å². The summed E-state index contributed by atoms with van der Waals surface area (Å²) in [5.41, 5.74) is 0.492. The second-order valence-corrected chi connectivity index (χ2v) is 5.41. The summed E-state index contributed by atoms with van der Waals surface area (Å²) < 4.78 is 0. The van der Waals surface area contributed by atoms with Crippen LogP contribution in [0, 0.1) is 0 Å². The number of hydrogen-bond donors (Lipinski definition) is 2. The van der Waals surface area contributed by atoms with Crippen LogP contribution in [0.25, 0.3) is 0 Å². The second-order valence-electron chi connectivity index (χ2n) is 4.21. The Labute approximate surface area is 100 Å². The highest BCUT2D eigenvalue weighted by Gasteiger charge is 2.30. The fourth-order valence-electron chi connectivity index (χ4n) is 2.25. The molecule has 1 aromatic carbocycles. The van der Waals surface area contributed by atoms with Gasteiger partial charge in [0.1, 0.15) is 0 Å². The van der Waals surface area contributed by atoms with Gasteiger partial charge in [0.05, 0.1) is 5.60 Å². The molecule has 0 spiro atoms. The third kappa shape index (κ3) is 2.52. The van der Waals surface area contributed by atoms with Crippen molar-refractivity contribution >= 4 is 22.5 Å². The van der Waals surface area contributed by atoms with Crippen molar-refractivity contribution in [1.29, 1.82) is 0 Å². The van der Waals surface area contributed by atoms with Crippen LogP contribution in [0.2, 0.25) is 0 Å². The average Bonchev–Trinajstić information content (AvgIpc) is 2.30. The van der Waals surface area contributed by atoms with Crippen LogP contribution >= 0.6 is 22.5 Å². The van der Waals surface area contributed by atoms with Crippen molar-refractivity contribution in [1.82, 2.24) is 0 Å². The molecular formula is C12H16OS2. The van der Waals surface area contributed by atoms with Crippen molar-refractivity contribution < 1.29 is 5.11 Å². The number of thiol groups is 1. The normalized spacial score (nSPS) is 20.1. The molecule has 1 nitrogen and oxygen atoms in total. The van der Waals surface area contributed by atoms with Crippen molar-refractivity contribution in [2.75, 3.05) is 0 Å². The fourth-order valence-corrected chi connectivity index (χ4v) is 2.87. The molecule has 82 valence electrons. The van der Waals surface area contributed by atoms with Gasteiger partial charge < -0.3 is 5.11 Å². The third-order valence-corrected chi connectivity index (χ3v) is 4.29. The minimum atomic E-state index is -0.571. The van der Waals surface area contributed by atoms with Gasteiger partial charge in [0.25, 0.3) is 0 Å². The van der Waals surface area contributed by atoms with Gasteiger partial charge in [0, 0.05) is 4.90 Å². The maximum atomic E-state index is 10.5. The molecule has 0 saturated heterocycles. The molecule has 2 rings (SSSR count). The van der Waals surface area contributed by atoms with E-state index >= 15 is 0 Å². The molecule has 0 aromatic heterocycles. The summed E-state index contributed by atoms with van der Waals surface area (Å²) in [6.07, 6.45) is 5.34. The summed E-state index contributed by atoms with van der Waals surface area (Å²) in [7, 11) is 1.44. The lowest BCUT2D eigenvalue weighted by atomic mass is 9.80. The highest BCUT2D eigenvalue weighted by molar-refractivity contribution is 8.68. The molecule has 1 fully saturated rings. The van der Waals surface area contributed by atoms with E-state index in [4.69, 9.17) is 0 Å². The summed E-state index contributed by atoms with van der Waals surface area (Å²) in [5.74, 6) is 0. The Hall–Kier alpha value is -0.120. The molecule has 1 N–H and O–H groups in total. The van der Waals surface area contributed by atoms with Crippen LogP contribution in [0.1, 0.15) is 37.7 Å². The van der Waals surface area contributed by atoms with Crippen molar-refractivity contribution in [2.45, 2.75) is 42.6 Å². The first kappa shape index (κ1) is 11.4. The Kier molecular flexibility index (Phi) is 3.65. The molecule has 0 bridgehead atoms. The van der Waals surface area contributed by atoms with E-state index in [1.807, 2.05) is 24.3 Å². The zero-order chi connectivity index (χ0) is 10.7. The predicted octanol–water partition coefficient (Wildman–Crippen LogP) is 3.78. The Morgan fingerprint density at radius 2 is 1.67 bits per heavy atom. The van der Waals surface area contributed by atoms with Gasteiger partial charge in [0.15, 0.2) is 0 Å². The summed E-state index contributed by atoms with van der Waals surface area (Å²) in [5, 5.41) is 10.5. The lowest BCUT2D eigenvalue weighted by molar-refractivity contribution is -0.000666. The van der Waals surface area contributed by atoms with E-state index in [9.17, 15) is 5.11 Å². The van der Waals surface area contributed by atoms with Crippen LogP contribution in [-0.4, -0.2) is 5.11 Å². The molecule has 0 amide bonds. The van der Waals surface area contributed by atoms with Crippen LogP contribution < -0.4 is 0 Å². The van der Waals surface area contributed by atoms with Crippen LogP contribution in [-0.2, 0) is 5.60 Å². The molecule has 0 atom stereocenters. The summed E-state index contributed by atoms with van der Waals surface area (Å²) in [4.78, 5) is 1.13. The highest BCUT2D eigenvalue weighted by Crippen LogP contribution is 2.37. The van der Waals surface area contributed by atoms with E-state index < -0.39 is 5.60 Å². The zero-order valence-corrected chi connectivity index (χ0v) is 10.4. The molecule has 0 aliphatic heterocycles. The quantitative estimate of drug-likeness (QED) is 0.606. The molecule has 3 heteroatoms. The summed E-state index contributed by atoms with van der Waals surface area (Å²) in [6.45, 7) is 0. The molecule has 1 saturated carbocycles. The molecule has 15 heavy (non-hydrogen) atoms. The zero-order valence-electron chi connectivity index (χ0n) is 8.65. The van der Waals surface area contributed by atoms with E-state index in [0.717, 1.165) is 36.1 Å². The van der Waals surface area contributed by atoms with Gasteiger partial charge in [-0.2, -0.15) is 0 Å². The van der Waals surface area contributed by atoms with E-state index in [1.165, 1.54) is 17.2 Å². The Balaban J connectivity index is 2.20. The standard InChI is InChI=1S/C12H16OS2/c13-12(8-2-1-3-9-12)10-4-6-11(15-14)7-5-10/h4-7,13-14H,1-3,8-9H2. The molecule has 0 unspecified atom stereocenters. The minimum Gasteiger partial charge on any atom is -0.385 e. The number of benzene rings is 1. The monoisotopic (exact) mass is 240 g/mol. The van der Waals surface area contributed by atoms with Gasteiger partial charge in [-0.3, -0.25) is 0 Å². The van der Waals surface area contributed by atoms with Gasteiger partial charge in [-0.1, -0.05) is 42.2 Å². The molecule has 1 aromatic rings. The van der Waals surface area contributed by atoms with Crippen LogP contribution in [0.3, 0.4) is 0 Å². The van der Waals surface area contributed by atoms with E-state index in [-0.39, 0.29) is 0 Å². The summed E-state index contributed by atoms with van der Waals surface area (Å²) in [6, 6.07) is 8.12. The second kappa shape index (κ2) is 4.81.